The third-order valence-electron chi connectivity index (χ3n) is 9.28. The number of ether oxygens (including phenoxy) is 1. The molecule has 0 N–H and O–H groups in total. The summed E-state index contributed by atoms with van der Waals surface area (Å²) in [6, 6.07) is 32.3. The third-order valence-corrected chi connectivity index (χ3v) is 9.28. The molecular weight excluding hydrogens is 520 g/mol. The molecule has 0 saturated carbocycles. The van der Waals surface area contributed by atoms with E-state index in [9.17, 15) is 0 Å². The van der Waals surface area contributed by atoms with Crippen molar-refractivity contribution in [2.45, 2.75) is 58.0 Å². The lowest BCUT2D eigenvalue weighted by molar-refractivity contribution is 0.215. The van der Waals surface area contributed by atoms with E-state index in [0.29, 0.717) is 17.8 Å². The Bertz CT molecular complexity index is 1780. The van der Waals surface area contributed by atoms with Crippen molar-refractivity contribution < 1.29 is 4.74 Å². The summed E-state index contributed by atoms with van der Waals surface area (Å²) in [6.07, 6.45) is 18.0. The number of allylic oxidation sites excluding steroid dienone is 8. The predicted octanol–water partition coefficient (Wildman–Crippen LogP) is 11.1. The highest BCUT2D eigenvalue weighted by Gasteiger charge is 2.44. The molecule has 1 nitrogen and oxygen atoms in total. The van der Waals surface area contributed by atoms with Crippen LogP contribution in [0.5, 0.6) is 5.75 Å². The Hall–Kier alpha value is -4.36. The van der Waals surface area contributed by atoms with Crippen LogP contribution in [0.4, 0.5) is 0 Å². The first-order valence-corrected chi connectivity index (χ1v) is 15.6. The van der Waals surface area contributed by atoms with Gasteiger partial charge in [0.1, 0.15) is 11.9 Å². The molecule has 8 rings (SSSR count). The molecule has 4 atom stereocenters. The molecule has 1 heterocycles. The first-order valence-electron chi connectivity index (χ1n) is 15.6. The van der Waals surface area contributed by atoms with E-state index >= 15 is 0 Å². The largest absolute Gasteiger partial charge is 0.484 e. The van der Waals surface area contributed by atoms with Crippen LogP contribution >= 0.6 is 0 Å². The number of para-hydroxylation sites is 1. The lowest BCUT2D eigenvalue weighted by Crippen LogP contribution is -2.35. The highest BCUT2D eigenvalue weighted by Crippen LogP contribution is 2.47. The summed E-state index contributed by atoms with van der Waals surface area (Å²) in [5.74, 6) is 2.76. The van der Waals surface area contributed by atoms with E-state index in [1.807, 2.05) is 6.07 Å². The minimum atomic E-state index is 0.0232. The highest BCUT2D eigenvalue weighted by molar-refractivity contribution is 5.83. The van der Waals surface area contributed by atoms with Gasteiger partial charge in [-0.3, -0.25) is 0 Å². The van der Waals surface area contributed by atoms with Crippen LogP contribution in [0, 0.1) is 5.92 Å². The van der Waals surface area contributed by atoms with Crippen LogP contribution in [-0.4, -0.2) is 6.10 Å². The molecule has 1 aliphatic heterocycles. The fourth-order valence-corrected chi connectivity index (χ4v) is 6.82. The van der Waals surface area contributed by atoms with Crippen LogP contribution in [0.1, 0.15) is 68.7 Å². The Kier molecular flexibility index (Phi) is 8.08. The monoisotopic (exact) mass is 562 g/mol. The average molecular weight is 563 g/mol. The quantitative estimate of drug-likeness (QED) is 0.224. The second-order valence-corrected chi connectivity index (χ2v) is 12.6. The Morgan fingerprint density at radius 2 is 1.47 bits per heavy atom. The maximum absolute atomic E-state index is 6.01. The molecule has 4 aliphatic rings. The molecule has 0 aromatic heterocycles. The Balaban J connectivity index is 0.000000115. The van der Waals surface area contributed by atoms with Crippen LogP contribution in [-0.2, 0) is 5.41 Å². The zero-order valence-corrected chi connectivity index (χ0v) is 26.0. The van der Waals surface area contributed by atoms with Gasteiger partial charge in [0.05, 0.1) is 5.41 Å². The molecule has 3 aliphatic carbocycles. The van der Waals surface area contributed by atoms with Gasteiger partial charge in [-0.15, -0.1) is 0 Å². The van der Waals surface area contributed by atoms with E-state index in [0.717, 1.165) is 5.75 Å². The van der Waals surface area contributed by atoms with Crippen molar-refractivity contribution in [3.8, 4) is 5.75 Å². The fraction of sp³-hybridized carbons (Fsp3) is 0.238. The van der Waals surface area contributed by atoms with Gasteiger partial charge < -0.3 is 4.74 Å². The second-order valence-electron chi connectivity index (χ2n) is 12.6. The molecule has 4 aromatic rings. The van der Waals surface area contributed by atoms with Crippen molar-refractivity contribution in [3.63, 3.8) is 0 Å². The van der Waals surface area contributed by atoms with E-state index in [1.165, 1.54) is 44.2 Å². The molecule has 43 heavy (non-hydrogen) atoms. The van der Waals surface area contributed by atoms with Crippen LogP contribution in [0.15, 0.2) is 145 Å². The molecule has 0 amide bonds. The van der Waals surface area contributed by atoms with Crippen LogP contribution in [0.2, 0.25) is 0 Å². The zero-order valence-electron chi connectivity index (χ0n) is 26.0. The topological polar surface area (TPSA) is 9.23 Å². The minimum absolute atomic E-state index is 0.0232. The normalized spacial score (nSPS) is 23.7. The Labute approximate surface area is 257 Å². The number of hydrogen-bond acceptors (Lipinski definition) is 1. The van der Waals surface area contributed by atoms with Crippen molar-refractivity contribution in [1.29, 1.82) is 0 Å². The van der Waals surface area contributed by atoms with Gasteiger partial charge in [-0.25, -0.2) is 0 Å². The lowest BCUT2D eigenvalue weighted by Gasteiger charge is -2.30. The van der Waals surface area contributed by atoms with Gasteiger partial charge in [-0.2, -0.15) is 0 Å². The molecule has 1 heteroatoms. The summed E-state index contributed by atoms with van der Waals surface area (Å²) in [4.78, 5) is 0. The van der Waals surface area contributed by atoms with Crippen LogP contribution < -0.4 is 4.74 Å². The van der Waals surface area contributed by atoms with Crippen LogP contribution in [0.25, 0.3) is 16.3 Å². The third kappa shape index (κ3) is 5.69. The highest BCUT2D eigenvalue weighted by atomic mass is 16.5. The van der Waals surface area contributed by atoms with Crippen LogP contribution in [0.3, 0.4) is 0 Å². The van der Waals surface area contributed by atoms with E-state index in [4.69, 9.17) is 4.74 Å². The Morgan fingerprint density at radius 1 is 0.744 bits per heavy atom. The fourth-order valence-electron chi connectivity index (χ4n) is 6.82. The molecule has 0 spiro atoms. The summed E-state index contributed by atoms with van der Waals surface area (Å²) in [7, 11) is 0. The smallest absolute Gasteiger partial charge is 0.133 e. The minimum Gasteiger partial charge on any atom is -0.484 e. The first-order chi connectivity index (χ1) is 20.8. The molecule has 0 bridgehead atoms. The van der Waals surface area contributed by atoms with Gasteiger partial charge in [0.25, 0.3) is 0 Å². The van der Waals surface area contributed by atoms with E-state index in [2.05, 4.69) is 168 Å². The van der Waals surface area contributed by atoms with Gasteiger partial charge in [-0.05, 0) is 71.4 Å². The second kappa shape index (κ2) is 12.1. The molecule has 0 radical (unpaired) electrons. The zero-order chi connectivity index (χ0) is 30.0. The van der Waals surface area contributed by atoms with Gasteiger partial charge >= 0.3 is 0 Å². The van der Waals surface area contributed by atoms with Crippen molar-refractivity contribution >= 4 is 16.3 Å². The van der Waals surface area contributed by atoms with Gasteiger partial charge in [0, 0.05) is 17.4 Å². The summed E-state index contributed by atoms with van der Waals surface area (Å²) < 4.78 is 6.01. The maximum atomic E-state index is 6.01. The average Bonchev–Trinajstić information content (AvgIpc) is 3.35. The Morgan fingerprint density at radius 3 is 2.30 bits per heavy atom. The van der Waals surface area contributed by atoms with Crippen molar-refractivity contribution in [2.24, 2.45) is 5.92 Å². The lowest BCUT2D eigenvalue weighted by atomic mass is 9.74. The number of benzene rings is 4. The molecule has 0 saturated heterocycles. The van der Waals surface area contributed by atoms with Crippen molar-refractivity contribution in [2.75, 3.05) is 0 Å². The first kappa shape index (κ1) is 28.7. The van der Waals surface area contributed by atoms with Crippen molar-refractivity contribution in [1.82, 2.24) is 0 Å². The standard InChI is InChI=1S/C15H14.C14H14O.C13H14/c1-11-10-12-6-2-3-8-14(12)15-9-5-4-7-13(11)15;1-10-6-5-9-14(2)11-7-3-4-8-12(11)15-13(10)14;1-10(2)12-8-7-11-5-3-4-6-13(11)9-12/h2-10,12,14H,1H3;3-9,13H,1-2H3;3-10H,1-2H3. The molecule has 4 unspecified atom stereocenters. The van der Waals surface area contributed by atoms with Gasteiger partial charge in [-0.1, -0.05) is 147 Å². The molecule has 216 valence electrons. The molecule has 0 fully saturated rings. The van der Waals surface area contributed by atoms with E-state index in [-0.39, 0.29) is 11.5 Å². The number of hydrogen-bond donors (Lipinski definition) is 0. The summed E-state index contributed by atoms with van der Waals surface area (Å²) >= 11 is 0. The molecule has 4 aromatic carbocycles. The van der Waals surface area contributed by atoms with Crippen molar-refractivity contribution in [3.05, 3.63) is 167 Å². The summed E-state index contributed by atoms with van der Waals surface area (Å²) in [5, 5.41) is 2.67. The predicted molar refractivity (Wildman–Crippen MR) is 184 cm³/mol. The SMILES string of the molecule is CC(C)c1ccc2ccccc2c1.CC1=CC2C=CC=CC2c2ccccc21.CC1=CC=CC2(C)c3ccccc3OC12. The van der Waals surface area contributed by atoms with E-state index in [1.54, 1.807) is 0 Å². The maximum Gasteiger partial charge on any atom is 0.133 e. The molecular formula is C42H42O. The number of rotatable bonds is 1. The number of fused-ring (bicyclic) bond motifs is 7. The summed E-state index contributed by atoms with van der Waals surface area (Å²) in [5.41, 5.74) is 8.34. The van der Waals surface area contributed by atoms with Gasteiger partial charge in [0.2, 0.25) is 0 Å². The van der Waals surface area contributed by atoms with Gasteiger partial charge in [0.15, 0.2) is 0 Å². The van der Waals surface area contributed by atoms with E-state index < -0.39 is 0 Å². The summed E-state index contributed by atoms with van der Waals surface area (Å²) in [6.45, 7) is 11.0.